The predicted molar refractivity (Wildman–Crippen MR) is 568 cm³/mol. The summed E-state index contributed by atoms with van der Waals surface area (Å²) in [7, 11) is 0. The fourth-order valence-electron chi connectivity index (χ4n) is 21.4. The van der Waals surface area contributed by atoms with Crippen molar-refractivity contribution < 1.29 is 0 Å². The van der Waals surface area contributed by atoms with Gasteiger partial charge < -0.3 is 27.4 Å². The molecule has 0 N–H and O–H groups in total. The van der Waals surface area contributed by atoms with Gasteiger partial charge in [-0.25, -0.2) is 0 Å². The molecule has 6 heterocycles. The van der Waals surface area contributed by atoms with Gasteiger partial charge in [-0.15, -0.1) is 0 Å². The molecule has 28 rings (SSSR count). The van der Waals surface area contributed by atoms with Gasteiger partial charge in [0.2, 0.25) is 0 Å². The Labute approximate surface area is 773 Å². The minimum Gasteiger partial charge on any atom is -0.309 e. The molecule has 6 aromatic heterocycles. The Morgan fingerprint density at radius 1 is 0.0970 bits per heavy atom. The second kappa shape index (κ2) is 32.1. The molecule has 0 bridgehead atoms. The SMILES string of the molecule is c1ccc(-c2cc(-c3ccccc3)cc(-n3c4ccccc4c4cc(-c5ccc6c(c5)c5ccccc5n6-c5ccccc5)ccc43)c2)cc1.c1ccc(-n2c3ccccc3c3cc(-c4ccc5c(c4)c4ccccc4n5-c4ccc5ccccc5c4)ccc32)cc1.c1ccc(-n2c3ccccc3c3cc(-c4ccc5c(c4)c4ccccc4n5-c4cccc5ccccc45)ccc32)cc1. The maximum Gasteiger partial charge on any atom is 0.0541 e. The molecule has 0 saturated heterocycles. The minimum atomic E-state index is 1.15. The predicted octanol–water partition coefficient (Wildman–Crippen LogP) is 34.3. The average Bonchev–Trinajstić information content (AvgIpc) is 1.59. The summed E-state index contributed by atoms with van der Waals surface area (Å²) in [4.78, 5) is 0. The van der Waals surface area contributed by atoms with Crippen molar-refractivity contribution in [3.8, 4) is 89.8 Å². The molecule has 6 heteroatoms. The monoisotopic (exact) mass is 1700 g/mol. The highest BCUT2D eigenvalue weighted by Crippen LogP contribution is 2.46. The first-order chi connectivity index (χ1) is 66.5. The van der Waals surface area contributed by atoms with E-state index in [9.17, 15) is 0 Å². The van der Waals surface area contributed by atoms with Crippen molar-refractivity contribution in [3.05, 3.63) is 510 Å². The van der Waals surface area contributed by atoms with Crippen molar-refractivity contribution >= 4 is 152 Å². The van der Waals surface area contributed by atoms with Gasteiger partial charge in [0.25, 0.3) is 0 Å². The first-order valence-electron chi connectivity index (χ1n) is 46.1. The first kappa shape index (κ1) is 77.3. The maximum absolute atomic E-state index is 2.43. The number of hydrogen-bond donors (Lipinski definition) is 0. The Bertz CT molecular complexity index is 9430. The van der Waals surface area contributed by atoms with E-state index in [1.54, 1.807) is 0 Å². The van der Waals surface area contributed by atoms with E-state index in [2.05, 4.69) is 537 Å². The summed E-state index contributed by atoms with van der Waals surface area (Å²) in [6.45, 7) is 0. The Balaban J connectivity index is 0.000000105. The zero-order valence-electron chi connectivity index (χ0n) is 73.2. The van der Waals surface area contributed by atoms with Crippen molar-refractivity contribution in [3.63, 3.8) is 0 Å². The largest absolute Gasteiger partial charge is 0.309 e. The van der Waals surface area contributed by atoms with Gasteiger partial charge in [0.15, 0.2) is 0 Å². The van der Waals surface area contributed by atoms with Gasteiger partial charge in [0, 0.05) is 98.5 Å². The number of para-hydroxylation sites is 9. The summed E-state index contributed by atoms with van der Waals surface area (Å²) < 4.78 is 14.4. The summed E-state index contributed by atoms with van der Waals surface area (Å²) in [5, 5.41) is 20.2. The highest BCUT2D eigenvalue weighted by Gasteiger charge is 2.23. The van der Waals surface area contributed by atoms with Crippen LogP contribution in [0, 0.1) is 0 Å². The van der Waals surface area contributed by atoms with Gasteiger partial charge in [-0.05, 0) is 254 Å². The minimum absolute atomic E-state index is 1.15. The molecule has 0 saturated carbocycles. The topological polar surface area (TPSA) is 29.6 Å². The van der Waals surface area contributed by atoms with Crippen molar-refractivity contribution in [1.82, 2.24) is 27.4 Å². The van der Waals surface area contributed by atoms with Gasteiger partial charge in [-0.2, -0.15) is 0 Å². The smallest absolute Gasteiger partial charge is 0.0541 e. The number of aromatic nitrogens is 6. The van der Waals surface area contributed by atoms with Crippen LogP contribution in [0.25, 0.3) is 242 Å². The van der Waals surface area contributed by atoms with E-state index in [1.807, 2.05) is 0 Å². The lowest BCUT2D eigenvalue weighted by Crippen LogP contribution is -1.96. The molecule has 626 valence electrons. The van der Waals surface area contributed by atoms with Crippen LogP contribution in [-0.4, -0.2) is 27.4 Å². The van der Waals surface area contributed by atoms with Crippen LogP contribution in [0.2, 0.25) is 0 Å². The maximum atomic E-state index is 2.43. The molecule has 0 radical (unpaired) electrons. The second-order valence-electron chi connectivity index (χ2n) is 35.0. The van der Waals surface area contributed by atoms with Gasteiger partial charge in [-0.1, -0.05) is 328 Å². The van der Waals surface area contributed by atoms with Crippen molar-refractivity contribution in [2.45, 2.75) is 0 Å². The fourth-order valence-corrected chi connectivity index (χ4v) is 21.4. The van der Waals surface area contributed by atoms with Crippen molar-refractivity contribution in [2.24, 2.45) is 0 Å². The third-order valence-electron chi connectivity index (χ3n) is 27.5. The summed E-state index contributed by atoms with van der Waals surface area (Å²) in [5.74, 6) is 0. The first-order valence-corrected chi connectivity index (χ1v) is 46.1. The molecular weight excluding hydrogens is 1620 g/mol. The zero-order valence-corrected chi connectivity index (χ0v) is 73.2. The van der Waals surface area contributed by atoms with Crippen LogP contribution in [0.15, 0.2) is 510 Å². The van der Waals surface area contributed by atoms with Crippen LogP contribution >= 0.6 is 0 Å². The standard InChI is InChI=1S/C48H32N2.2C40H26N2/c1-4-14-33(15-5-1)37-28-38(34-16-6-2-7-17-34)30-40(29-37)50-46-23-13-11-21-42(46)44-32-36(25-27-48(44)50)35-24-26-47-43(31-35)41-20-10-12-22-45(41)49(47)39-18-8-3-9-19-39;1-2-13-30(14-3-1)41-37-18-8-6-16-32(37)34-25-28(21-23-39(34)41)29-22-24-40-35(26-29)33-17-7-9-19-38(33)42(40)36-20-10-12-27-11-4-5-15-31(27)36;1-2-12-31(13-3-1)41-37-16-8-6-14-33(37)35-25-29(19-22-39(35)41)30-20-23-40-36(26-30)34-15-7-9-17-38(34)42(40)32-21-18-27-10-4-5-11-28(27)24-32/h1-32H;2*1-26H. The molecule has 0 spiro atoms. The molecule has 0 fully saturated rings. The van der Waals surface area contributed by atoms with Gasteiger partial charge in [0.05, 0.1) is 71.9 Å². The lowest BCUT2D eigenvalue weighted by Gasteiger charge is -2.14. The van der Waals surface area contributed by atoms with E-state index in [0.29, 0.717) is 0 Å². The molecule has 6 nitrogen and oxygen atoms in total. The molecule has 22 aromatic carbocycles. The number of hydrogen-bond acceptors (Lipinski definition) is 0. The average molecular weight is 1710 g/mol. The van der Waals surface area contributed by atoms with E-state index in [0.717, 1.165) is 5.69 Å². The summed E-state index contributed by atoms with van der Waals surface area (Å²) in [5.41, 5.74) is 33.8. The second-order valence-corrected chi connectivity index (χ2v) is 35.0. The Morgan fingerprint density at radius 2 is 0.343 bits per heavy atom. The van der Waals surface area contributed by atoms with Crippen molar-refractivity contribution in [1.29, 1.82) is 0 Å². The lowest BCUT2D eigenvalue weighted by atomic mass is 9.98. The molecule has 0 aliphatic heterocycles. The third kappa shape index (κ3) is 13.0. The third-order valence-corrected chi connectivity index (χ3v) is 27.5. The molecule has 0 aliphatic carbocycles. The molecule has 0 atom stereocenters. The van der Waals surface area contributed by atoms with E-state index in [1.165, 1.54) is 236 Å². The number of nitrogens with zero attached hydrogens (tertiary/aromatic N) is 6. The molecule has 0 aliphatic rings. The van der Waals surface area contributed by atoms with E-state index < -0.39 is 0 Å². The van der Waals surface area contributed by atoms with E-state index in [4.69, 9.17) is 0 Å². The van der Waals surface area contributed by atoms with Gasteiger partial charge in [0.1, 0.15) is 0 Å². The molecule has 0 unspecified atom stereocenters. The van der Waals surface area contributed by atoms with Gasteiger partial charge in [-0.3, -0.25) is 0 Å². The van der Waals surface area contributed by atoms with Crippen LogP contribution in [0.4, 0.5) is 0 Å². The molecular formula is C128H84N6. The van der Waals surface area contributed by atoms with Crippen molar-refractivity contribution in [2.75, 3.05) is 0 Å². The Kier molecular flexibility index (Phi) is 18.5. The number of rotatable bonds is 11. The summed E-state index contributed by atoms with van der Waals surface area (Å²) >= 11 is 0. The zero-order chi connectivity index (χ0) is 88.3. The molecule has 134 heavy (non-hydrogen) atoms. The lowest BCUT2D eigenvalue weighted by molar-refractivity contribution is 1.18. The molecule has 28 aromatic rings. The normalized spacial score (nSPS) is 11.7. The number of benzene rings is 22. The fraction of sp³-hybridized carbons (Fsp3) is 0. The Hall–Kier alpha value is -17.8. The highest BCUT2D eigenvalue weighted by molar-refractivity contribution is 6.18. The van der Waals surface area contributed by atoms with Crippen LogP contribution in [0.1, 0.15) is 0 Å². The van der Waals surface area contributed by atoms with Crippen LogP contribution < -0.4 is 0 Å². The highest BCUT2D eigenvalue weighted by atomic mass is 15.0. The summed E-state index contributed by atoms with van der Waals surface area (Å²) in [6, 6.07) is 185. The van der Waals surface area contributed by atoms with Crippen LogP contribution in [0.5, 0.6) is 0 Å². The quantitative estimate of drug-likeness (QED) is 0.124. The molecule has 0 amide bonds. The number of fused-ring (bicyclic) bond motifs is 20. The van der Waals surface area contributed by atoms with Crippen LogP contribution in [0.3, 0.4) is 0 Å². The van der Waals surface area contributed by atoms with Gasteiger partial charge >= 0.3 is 0 Å². The Morgan fingerprint density at radius 3 is 0.687 bits per heavy atom. The van der Waals surface area contributed by atoms with Crippen LogP contribution in [-0.2, 0) is 0 Å². The van der Waals surface area contributed by atoms with E-state index >= 15 is 0 Å². The van der Waals surface area contributed by atoms with E-state index in [-0.39, 0.29) is 0 Å². The summed E-state index contributed by atoms with van der Waals surface area (Å²) in [6.07, 6.45) is 0.